The van der Waals surface area contributed by atoms with Crippen LogP contribution in [0.4, 0.5) is 5.82 Å². The van der Waals surface area contributed by atoms with E-state index >= 15 is 0 Å². The maximum absolute atomic E-state index is 12.4. The Bertz CT molecular complexity index is 896. The minimum absolute atomic E-state index is 0.150. The zero-order chi connectivity index (χ0) is 19.1. The lowest BCUT2D eigenvalue weighted by molar-refractivity contribution is 0.0951. The van der Waals surface area contributed by atoms with Gasteiger partial charge in [0.25, 0.3) is 5.91 Å². The van der Waals surface area contributed by atoms with Crippen LogP contribution in [0.1, 0.15) is 21.5 Å². The van der Waals surface area contributed by atoms with E-state index < -0.39 is 0 Å². The van der Waals surface area contributed by atoms with Crippen LogP contribution >= 0.6 is 11.6 Å². The summed E-state index contributed by atoms with van der Waals surface area (Å²) in [4.78, 5) is 16.7. The van der Waals surface area contributed by atoms with Gasteiger partial charge >= 0.3 is 0 Å². The molecule has 0 aliphatic rings. The van der Waals surface area contributed by atoms with Crippen molar-refractivity contribution in [2.45, 2.75) is 13.1 Å². The third-order valence-corrected chi connectivity index (χ3v) is 4.27. The minimum Gasteiger partial charge on any atom is -0.497 e. The summed E-state index contributed by atoms with van der Waals surface area (Å²) in [5.74, 6) is 1.28. The van der Waals surface area contributed by atoms with E-state index in [0.29, 0.717) is 29.5 Å². The summed E-state index contributed by atoms with van der Waals surface area (Å²) >= 11 is 5.89. The number of anilines is 1. The summed E-state index contributed by atoms with van der Waals surface area (Å²) in [5.41, 5.74) is 2.63. The van der Waals surface area contributed by atoms with Gasteiger partial charge in [0.1, 0.15) is 11.6 Å². The molecule has 0 bridgehead atoms. The fourth-order valence-electron chi connectivity index (χ4n) is 2.49. The lowest BCUT2D eigenvalue weighted by Crippen LogP contribution is -2.23. The second kappa shape index (κ2) is 9.05. The zero-order valence-corrected chi connectivity index (χ0v) is 15.7. The molecule has 138 valence electrons. The Hall–Kier alpha value is -3.05. The highest BCUT2D eigenvalue weighted by Gasteiger charge is 2.07. The van der Waals surface area contributed by atoms with Crippen LogP contribution < -0.4 is 15.4 Å². The summed E-state index contributed by atoms with van der Waals surface area (Å²) in [5, 5.41) is 6.83. The topological polar surface area (TPSA) is 63.2 Å². The van der Waals surface area contributed by atoms with Gasteiger partial charge in [-0.25, -0.2) is 4.98 Å². The Morgan fingerprint density at radius 2 is 1.67 bits per heavy atom. The molecule has 0 saturated heterocycles. The van der Waals surface area contributed by atoms with Gasteiger partial charge in [-0.15, -0.1) is 0 Å². The molecule has 2 aromatic carbocycles. The lowest BCUT2D eigenvalue weighted by Gasteiger charge is -2.09. The van der Waals surface area contributed by atoms with E-state index in [1.54, 1.807) is 25.4 Å². The van der Waals surface area contributed by atoms with Crippen LogP contribution in [-0.2, 0) is 13.1 Å². The number of aromatic nitrogens is 1. The number of pyridine rings is 1. The quantitative estimate of drug-likeness (QED) is 0.641. The third kappa shape index (κ3) is 5.46. The summed E-state index contributed by atoms with van der Waals surface area (Å²) in [6, 6.07) is 18.6. The molecule has 3 rings (SSSR count). The molecule has 0 unspecified atom stereocenters. The number of methoxy groups -OCH3 is 1. The normalized spacial score (nSPS) is 10.3. The first-order chi connectivity index (χ1) is 13.1. The first-order valence-corrected chi connectivity index (χ1v) is 8.87. The number of carbonyl (C=O) groups excluding carboxylic acids is 1. The molecule has 0 aliphatic heterocycles. The van der Waals surface area contributed by atoms with E-state index in [1.165, 1.54) is 0 Å². The van der Waals surface area contributed by atoms with Crippen molar-refractivity contribution in [3.8, 4) is 5.75 Å². The summed E-state index contributed by atoms with van der Waals surface area (Å²) < 4.78 is 5.13. The first-order valence-electron chi connectivity index (χ1n) is 8.49. The fourth-order valence-corrected chi connectivity index (χ4v) is 2.62. The molecule has 3 aromatic rings. The van der Waals surface area contributed by atoms with Gasteiger partial charge in [-0.3, -0.25) is 4.79 Å². The number of hydrogen-bond donors (Lipinski definition) is 2. The monoisotopic (exact) mass is 381 g/mol. The van der Waals surface area contributed by atoms with Crippen molar-refractivity contribution in [1.82, 2.24) is 10.3 Å². The molecule has 1 aromatic heterocycles. The van der Waals surface area contributed by atoms with Gasteiger partial charge in [0.05, 0.1) is 7.11 Å². The van der Waals surface area contributed by atoms with Gasteiger partial charge in [-0.2, -0.15) is 0 Å². The average molecular weight is 382 g/mol. The largest absolute Gasteiger partial charge is 0.497 e. The molecule has 0 fully saturated rings. The molecule has 0 aliphatic carbocycles. The second-order valence-electron chi connectivity index (χ2n) is 5.94. The molecule has 6 heteroatoms. The van der Waals surface area contributed by atoms with Crippen molar-refractivity contribution < 1.29 is 9.53 Å². The predicted octanol–water partition coefficient (Wildman–Crippen LogP) is 4.29. The summed E-state index contributed by atoms with van der Waals surface area (Å²) in [6.45, 7) is 1.04. The molecule has 27 heavy (non-hydrogen) atoms. The highest BCUT2D eigenvalue weighted by molar-refractivity contribution is 6.30. The van der Waals surface area contributed by atoms with Gasteiger partial charge in [0.15, 0.2) is 0 Å². The van der Waals surface area contributed by atoms with Crippen molar-refractivity contribution in [2.24, 2.45) is 0 Å². The molecular formula is C21H20ClN3O2. The average Bonchev–Trinajstić information content (AvgIpc) is 2.72. The Morgan fingerprint density at radius 3 is 2.37 bits per heavy atom. The highest BCUT2D eigenvalue weighted by atomic mass is 35.5. The smallest absolute Gasteiger partial charge is 0.251 e. The van der Waals surface area contributed by atoms with Crippen molar-refractivity contribution in [3.05, 3.63) is 88.6 Å². The Balaban J connectivity index is 1.56. The van der Waals surface area contributed by atoms with Gasteiger partial charge < -0.3 is 15.4 Å². The van der Waals surface area contributed by atoms with Gasteiger partial charge in [0, 0.05) is 29.9 Å². The molecule has 0 radical (unpaired) electrons. The van der Waals surface area contributed by atoms with E-state index in [2.05, 4.69) is 15.6 Å². The van der Waals surface area contributed by atoms with Crippen molar-refractivity contribution >= 4 is 23.3 Å². The maximum Gasteiger partial charge on any atom is 0.251 e. The number of rotatable bonds is 7. The molecular weight excluding hydrogens is 362 g/mol. The van der Waals surface area contributed by atoms with Crippen LogP contribution in [0.25, 0.3) is 0 Å². The van der Waals surface area contributed by atoms with Gasteiger partial charge in [0.2, 0.25) is 0 Å². The summed E-state index contributed by atoms with van der Waals surface area (Å²) in [6.07, 6.45) is 1.62. The van der Waals surface area contributed by atoms with E-state index in [1.807, 2.05) is 48.5 Å². The lowest BCUT2D eigenvalue weighted by atomic mass is 10.2. The molecule has 5 nitrogen and oxygen atoms in total. The fraction of sp³-hybridized carbons (Fsp3) is 0.143. The van der Waals surface area contributed by atoms with Gasteiger partial charge in [-0.1, -0.05) is 35.9 Å². The molecule has 1 heterocycles. The predicted molar refractivity (Wildman–Crippen MR) is 107 cm³/mol. The Kier molecular flexibility index (Phi) is 6.28. The van der Waals surface area contributed by atoms with E-state index in [0.717, 1.165) is 16.9 Å². The van der Waals surface area contributed by atoms with Crippen LogP contribution in [-0.4, -0.2) is 18.0 Å². The molecule has 2 N–H and O–H groups in total. The van der Waals surface area contributed by atoms with Crippen molar-refractivity contribution in [2.75, 3.05) is 12.4 Å². The molecule has 0 spiro atoms. The molecule has 0 saturated carbocycles. The first kappa shape index (κ1) is 18.7. The standard InChI is InChI=1S/C21H20ClN3O2/c1-27-19-8-4-16(5-9-19)14-25-21(26)17-10-11-23-20(12-17)24-13-15-2-6-18(22)7-3-15/h2-12H,13-14H2,1H3,(H,23,24)(H,25,26). The number of carbonyl (C=O) groups is 1. The van der Waals surface area contributed by atoms with E-state index in [4.69, 9.17) is 16.3 Å². The van der Waals surface area contributed by atoms with E-state index in [9.17, 15) is 4.79 Å². The van der Waals surface area contributed by atoms with Crippen LogP contribution in [0.2, 0.25) is 5.02 Å². The maximum atomic E-state index is 12.4. The Morgan fingerprint density at radius 1 is 1.00 bits per heavy atom. The third-order valence-electron chi connectivity index (χ3n) is 4.02. The Labute approximate surface area is 163 Å². The number of nitrogens with one attached hydrogen (secondary N) is 2. The van der Waals surface area contributed by atoms with Crippen LogP contribution in [0.5, 0.6) is 5.75 Å². The number of benzene rings is 2. The zero-order valence-electron chi connectivity index (χ0n) is 14.9. The van der Waals surface area contributed by atoms with Crippen molar-refractivity contribution in [1.29, 1.82) is 0 Å². The number of halogens is 1. The second-order valence-corrected chi connectivity index (χ2v) is 6.38. The number of ether oxygens (including phenoxy) is 1. The molecule has 0 atom stereocenters. The van der Waals surface area contributed by atoms with Gasteiger partial charge in [-0.05, 0) is 47.5 Å². The summed E-state index contributed by atoms with van der Waals surface area (Å²) in [7, 11) is 1.62. The van der Waals surface area contributed by atoms with Crippen LogP contribution in [0, 0.1) is 0 Å². The SMILES string of the molecule is COc1ccc(CNC(=O)c2ccnc(NCc3ccc(Cl)cc3)c2)cc1. The molecule has 1 amide bonds. The van der Waals surface area contributed by atoms with E-state index in [-0.39, 0.29) is 5.91 Å². The minimum atomic E-state index is -0.150. The van der Waals surface area contributed by atoms with Crippen molar-refractivity contribution in [3.63, 3.8) is 0 Å². The van der Waals surface area contributed by atoms with Crippen LogP contribution in [0.3, 0.4) is 0 Å². The highest BCUT2D eigenvalue weighted by Crippen LogP contribution is 2.13. The number of nitrogens with zero attached hydrogens (tertiary/aromatic N) is 1. The number of hydrogen-bond acceptors (Lipinski definition) is 4. The number of amides is 1. The van der Waals surface area contributed by atoms with Crippen LogP contribution in [0.15, 0.2) is 66.9 Å².